The van der Waals surface area contributed by atoms with Crippen LogP contribution in [0.25, 0.3) is 0 Å². The molecule has 0 aromatic heterocycles. The molecule has 1 aliphatic carbocycles. The second kappa shape index (κ2) is 5.27. The summed E-state index contributed by atoms with van der Waals surface area (Å²) in [5.74, 6) is 1.73. The van der Waals surface area contributed by atoms with Crippen LogP contribution in [0.5, 0.6) is 0 Å². The Balaban J connectivity index is 1.87. The molecule has 1 N–H and O–H groups in total. The average Bonchev–Trinajstić information content (AvgIpc) is 2.61. The van der Waals surface area contributed by atoms with Gasteiger partial charge in [-0.1, -0.05) is 20.8 Å². The summed E-state index contributed by atoms with van der Waals surface area (Å²) in [5, 5.41) is 3.91. The molecule has 1 saturated heterocycles. The van der Waals surface area contributed by atoms with Crippen LogP contribution in [0, 0.1) is 11.8 Å². The van der Waals surface area contributed by atoms with Crippen molar-refractivity contribution in [1.29, 1.82) is 0 Å². The molecule has 1 aliphatic heterocycles. The molecular formula is C15H29NO. The van der Waals surface area contributed by atoms with E-state index in [9.17, 15) is 0 Å². The summed E-state index contributed by atoms with van der Waals surface area (Å²) in [5.41, 5.74) is 0.114. The highest BCUT2D eigenvalue weighted by Gasteiger charge is 2.35. The number of nitrogens with one attached hydrogen (secondary N) is 1. The number of rotatable bonds is 3. The van der Waals surface area contributed by atoms with Crippen molar-refractivity contribution in [2.45, 2.75) is 77.5 Å². The summed E-state index contributed by atoms with van der Waals surface area (Å²) in [6.07, 6.45) is 6.26. The third-order valence-corrected chi connectivity index (χ3v) is 5.26. The first-order valence-corrected chi connectivity index (χ1v) is 7.44. The zero-order valence-corrected chi connectivity index (χ0v) is 12.0. The van der Waals surface area contributed by atoms with Crippen molar-refractivity contribution >= 4 is 0 Å². The lowest BCUT2D eigenvalue weighted by atomic mass is 9.88. The smallest absolute Gasteiger partial charge is 0.0666 e. The van der Waals surface area contributed by atoms with Crippen LogP contribution >= 0.6 is 0 Å². The van der Waals surface area contributed by atoms with Gasteiger partial charge in [-0.25, -0.2) is 0 Å². The van der Waals surface area contributed by atoms with E-state index in [-0.39, 0.29) is 5.60 Å². The minimum atomic E-state index is 0.114. The largest absolute Gasteiger partial charge is 0.375 e. The van der Waals surface area contributed by atoms with Gasteiger partial charge in [-0.05, 0) is 50.9 Å². The van der Waals surface area contributed by atoms with Crippen LogP contribution in [0.4, 0.5) is 0 Å². The van der Waals surface area contributed by atoms with Crippen LogP contribution in [-0.2, 0) is 4.74 Å². The molecule has 5 atom stereocenters. The summed E-state index contributed by atoms with van der Waals surface area (Å²) in [7, 11) is 0. The molecule has 0 amide bonds. The molecule has 2 rings (SSSR count). The van der Waals surface area contributed by atoms with Gasteiger partial charge in [0.15, 0.2) is 0 Å². The topological polar surface area (TPSA) is 21.3 Å². The lowest BCUT2D eigenvalue weighted by molar-refractivity contribution is -0.0795. The highest BCUT2D eigenvalue weighted by molar-refractivity contribution is 4.91. The van der Waals surface area contributed by atoms with Gasteiger partial charge in [-0.2, -0.15) is 0 Å². The maximum absolute atomic E-state index is 5.92. The van der Waals surface area contributed by atoms with Crippen LogP contribution in [0.15, 0.2) is 0 Å². The van der Waals surface area contributed by atoms with Crippen molar-refractivity contribution in [3.63, 3.8) is 0 Å². The molecule has 5 unspecified atom stereocenters. The Labute approximate surface area is 107 Å². The lowest BCUT2D eigenvalue weighted by Gasteiger charge is -2.39. The highest BCUT2D eigenvalue weighted by Crippen LogP contribution is 2.33. The molecular weight excluding hydrogens is 210 g/mol. The van der Waals surface area contributed by atoms with Crippen molar-refractivity contribution in [2.75, 3.05) is 6.61 Å². The Hall–Kier alpha value is -0.0800. The van der Waals surface area contributed by atoms with Crippen LogP contribution in [0.3, 0.4) is 0 Å². The third kappa shape index (κ3) is 3.03. The fraction of sp³-hybridized carbons (Fsp3) is 1.00. The van der Waals surface area contributed by atoms with E-state index in [0.717, 1.165) is 30.9 Å². The summed E-state index contributed by atoms with van der Waals surface area (Å²) in [6, 6.07) is 1.42. The number of hydrogen-bond donors (Lipinski definition) is 1. The molecule has 2 aliphatic rings. The van der Waals surface area contributed by atoms with E-state index in [1.165, 1.54) is 25.7 Å². The first kappa shape index (κ1) is 13.4. The number of ether oxygens (including phenoxy) is 1. The molecule has 2 nitrogen and oxygen atoms in total. The van der Waals surface area contributed by atoms with E-state index in [4.69, 9.17) is 4.74 Å². The molecule has 1 heterocycles. The monoisotopic (exact) mass is 239 g/mol. The molecule has 2 fully saturated rings. The maximum Gasteiger partial charge on any atom is 0.0666 e. The van der Waals surface area contributed by atoms with Gasteiger partial charge in [0.1, 0.15) is 0 Å². The maximum atomic E-state index is 5.92. The van der Waals surface area contributed by atoms with Crippen LogP contribution in [0.1, 0.15) is 59.8 Å². The molecule has 1 saturated carbocycles. The van der Waals surface area contributed by atoms with Crippen molar-refractivity contribution in [3.8, 4) is 0 Å². The van der Waals surface area contributed by atoms with Crippen LogP contribution < -0.4 is 5.32 Å². The van der Waals surface area contributed by atoms with Gasteiger partial charge in [0.25, 0.3) is 0 Å². The fourth-order valence-corrected chi connectivity index (χ4v) is 3.42. The van der Waals surface area contributed by atoms with E-state index in [1.54, 1.807) is 0 Å². The number of hydrogen-bond acceptors (Lipinski definition) is 2. The first-order chi connectivity index (χ1) is 8.04. The molecule has 0 spiro atoms. The van der Waals surface area contributed by atoms with E-state index < -0.39 is 0 Å². The molecule has 100 valence electrons. The van der Waals surface area contributed by atoms with E-state index in [2.05, 4.69) is 33.0 Å². The Morgan fingerprint density at radius 2 is 2.00 bits per heavy atom. The van der Waals surface area contributed by atoms with Crippen LogP contribution in [0.2, 0.25) is 0 Å². The zero-order chi connectivity index (χ0) is 12.5. The SMILES string of the molecule is CCC1(C)CC(NC2CCC(C)C2C)CCO1. The van der Waals surface area contributed by atoms with Crippen molar-refractivity contribution in [1.82, 2.24) is 5.32 Å². The Kier molecular flexibility index (Phi) is 4.14. The lowest BCUT2D eigenvalue weighted by Crippen LogP contribution is -2.49. The van der Waals surface area contributed by atoms with Gasteiger partial charge in [0.05, 0.1) is 5.60 Å². The molecule has 0 aromatic rings. The van der Waals surface area contributed by atoms with Gasteiger partial charge in [-0.3, -0.25) is 0 Å². The Morgan fingerprint density at radius 1 is 1.24 bits per heavy atom. The Morgan fingerprint density at radius 3 is 2.59 bits per heavy atom. The predicted octanol–water partition coefficient (Wildman–Crippen LogP) is 3.36. The molecule has 0 aromatic carbocycles. The van der Waals surface area contributed by atoms with Gasteiger partial charge in [-0.15, -0.1) is 0 Å². The van der Waals surface area contributed by atoms with Crippen molar-refractivity contribution in [2.24, 2.45) is 11.8 Å². The average molecular weight is 239 g/mol. The molecule has 0 radical (unpaired) electrons. The van der Waals surface area contributed by atoms with E-state index >= 15 is 0 Å². The zero-order valence-electron chi connectivity index (χ0n) is 12.0. The summed E-state index contributed by atoms with van der Waals surface area (Å²) in [4.78, 5) is 0. The minimum absolute atomic E-state index is 0.114. The van der Waals surface area contributed by atoms with Gasteiger partial charge in [0.2, 0.25) is 0 Å². The quantitative estimate of drug-likeness (QED) is 0.815. The van der Waals surface area contributed by atoms with Crippen molar-refractivity contribution in [3.05, 3.63) is 0 Å². The fourth-order valence-electron chi connectivity index (χ4n) is 3.42. The summed E-state index contributed by atoms with van der Waals surface area (Å²) < 4.78 is 5.92. The van der Waals surface area contributed by atoms with E-state index in [1.807, 2.05) is 0 Å². The highest BCUT2D eigenvalue weighted by atomic mass is 16.5. The molecule has 2 heteroatoms. The van der Waals surface area contributed by atoms with Gasteiger partial charge in [0, 0.05) is 18.7 Å². The van der Waals surface area contributed by atoms with E-state index in [0.29, 0.717) is 6.04 Å². The molecule has 0 bridgehead atoms. The summed E-state index contributed by atoms with van der Waals surface area (Å²) in [6.45, 7) is 10.2. The second-order valence-electron chi connectivity index (χ2n) is 6.53. The molecule has 17 heavy (non-hydrogen) atoms. The first-order valence-electron chi connectivity index (χ1n) is 7.44. The summed E-state index contributed by atoms with van der Waals surface area (Å²) >= 11 is 0. The van der Waals surface area contributed by atoms with Gasteiger partial charge < -0.3 is 10.1 Å². The predicted molar refractivity (Wildman–Crippen MR) is 72.2 cm³/mol. The van der Waals surface area contributed by atoms with Crippen molar-refractivity contribution < 1.29 is 4.74 Å². The second-order valence-corrected chi connectivity index (χ2v) is 6.53. The minimum Gasteiger partial charge on any atom is -0.375 e. The van der Waals surface area contributed by atoms with Gasteiger partial charge >= 0.3 is 0 Å². The standard InChI is InChI=1S/C15H29NO/c1-5-15(4)10-13(8-9-17-15)16-14-7-6-11(2)12(14)3/h11-14,16H,5-10H2,1-4H3. The normalized spacial score (nSPS) is 47.3. The third-order valence-electron chi connectivity index (χ3n) is 5.26. The Bertz CT molecular complexity index is 255. The van der Waals surface area contributed by atoms with Crippen LogP contribution in [-0.4, -0.2) is 24.3 Å².